The van der Waals surface area contributed by atoms with Crippen molar-refractivity contribution in [3.05, 3.63) is 11.7 Å². The second-order valence-corrected chi connectivity index (χ2v) is 4.51. The van der Waals surface area contributed by atoms with Crippen LogP contribution in [0.5, 0.6) is 0 Å². The van der Waals surface area contributed by atoms with Gasteiger partial charge in [-0.05, 0) is 39.2 Å². The molecule has 1 fully saturated rings. The zero-order chi connectivity index (χ0) is 11.9. The number of aromatic nitrogens is 2. The molecule has 0 aromatic carbocycles. The van der Waals surface area contributed by atoms with Gasteiger partial charge in [0.15, 0.2) is 5.82 Å². The lowest BCUT2D eigenvalue weighted by atomic mass is 10.1. The van der Waals surface area contributed by atoms with Crippen molar-refractivity contribution in [1.29, 1.82) is 0 Å². The molecule has 1 aromatic heterocycles. The summed E-state index contributed by atoms with van der Waals surface area (Å²) in [6.45, 7) is 4.72. The number of hydrogen-bond donors (Lipinski definition) is 1. The average molecular weight is 239 g/mol. The van der Waals surface area contributed by atoms with E-state index in [-0.39, 0.29) is 0 Å². The molecule has 1 saturated heterocycles. The average Bonchev–Trinajstić information content (AvgIpc) is 2.95. The fourth-order valence-corrected chi connectivity index (χ4v) is 2.09. The smallest absolute Gasteiger partial charge is 0.227 e. The van der Waals surface area contributed by atoms with Gasteiger partial charge in [-0.2, -0.15) is 4.98 Å². The Hall–Kier alpha value is -0.940. The predicted molar refractivity (Wildman–Crippen MR) is 63.8 cm³/mol. The zero-order valence-corrected chi connectivity index (χ0v) is 10.4. The number of ether oxygens (including phenoxy) is 1. The van der Waals surface area contributed by atoms with Crippen molar-refractivity contribution < 1.29 is 9.26 Å². The topological polar surface area (TPSA) is 60.2 Å². The van der Waals surface area contributed by atoms with E-state index in [9.17, 15) is 0 Å². The van der Waals surface area contributed by atoms with Crippen molar-refractivity contribution in [3.63, 3.8) is 0 Å². The van der Waals surface area contributed by atoms with Crippen LogP contribution in [0.2, 0.25) is 0 Å². The largest absolute Gasteiger partial charge is 0.378 e. The van der Waals surface area contributed by atoms with Crippen molar-refractivity contribution >= 4 is 0 Å². The minimum absolute atomic E-state index is 0.510. The highest BCUT2D eigenvalue weighted by molar-refractivity contribution is 4.83. The third kappa shape index (κ3) is 4.44. The molecule has 1 aliphatic heterocycles. The molecule has 1 unspecified atom stereocenters. The third-order valence-corrected chi connectivity index (χ3v) is 2.99. The Morgan fingerprint density at radius 2 is 2.35 bits per heavy atom. The van der Waals surface area contributed by atoms with Crippen LogP contribution in [0.15, 0.2) is 4.52 Å². The Morgan fingerprint density at radius 3 is 3.06 bits per heavy atom. The molecule has 0 aliphatic carbocycles. The summed E-state index contributed by atoms with van der Waals surface area (Å²) in [5, 5.41) is 7.14. The molecular formula is C12H21N3O2. The van der Waals surface area contributed by atoms with Crippen molar-refractivity contribution in [2.45, 2.75) is 45.1 Å². The Kier molecular flexibility index (Phi) is 4.94. The zero-order valence-electron chi connectivity index (χ0n) is 10.4. The Morgan fingerprint density at radius 1 is 1.41 bits per heavy atom. The molecule has 0 saturated carbocycles. The highest BCUT2D eigenvalue weighted by Gasteiger charge is 2.14. The molecule has 2 heterocycles. The molecule has 17 heavy (non-hydrogen) atoms. The molecule has 1 aromatic rings. The molecule has 1 aliphatic rings. The van der Waals surface area contributed by atoms with Gasteiger partial charge in [0.25, 0.3) is 0 Å². The van der Waals surface area contributed by atoms with Crippen LogP contribution in [0.1, 0.15) is 37.4 Å². The maximum atomic E-state index is 5.57. The Bertz CT molecular complexity index is 321. The Labute approximate surface area is 102 Å². The van der Waals surface area contributed by atoms with Crippen molar-refractivity contribution in [3.8, 4) is 0 Å². The minimum Gasteiger partial charge on any atom is -0.378 e. The maximum absolute atomic E-state index is 5.57. The summed E-state index contributed by atoms with van der Waals surface area (Å²) in [5.41, 5.74) is 0. The summed E-state index contributed by atoms with van der Waals surface area (Å²) in [6.07, 6.45) is 6.13. The second kappa shape index (κ2) is 6.71. The van der Waals surface area contributed by atoms with E-state index in [1.807, 2.05) is 6.92 Å². The normalized spacial score (nSPS) is 19.9. The van der Waals surface area contributed by atoms with Crippen molar-refractivity contribution in [2.75, 3.05) is 19.7 Å². The van der Waals surface area contributed by atoms with Gasteiger partial charge in [-0.3, -0.25) is 0 Å². The van der Waals surface area contributed by atoms with Gasteiger partial charge in [0.2, 0.25) is 5.89 Å². The van der Waals surface area contributed by atoms with Gasteiger partial charge in [-0.15, -0.1) is 0 Å². The molecule has 5 nitrogen and oxygen atoms in total. The van der Waals surface area contributed by atoms with Crippen molar-refractivity contribution in [1.82, 2.24) is 15.5 Å². The SMILES string of the molecule is Cc1noc(CCNCCCC2CCCO2)n1. The predicted octanol–water partition coefficient (Wildman–Crippen LogP) is 1.47. The fraction of sp³-hybridized carbons (Fsp3) is 0.833. The van der Waals surface area contributed by atoms with E-state index in [0.717, 1.165) is 26.1 Å². The lowest BCUT2D eigenvalue weighted by Crippen LogP contribution is -2.20. The Balaban J connectivity index is 1.46. The molecular weight excluding hydrogens is 218 g/mol. The number of hydrogen-bond acceptors (Lipinski definition) is 5. The number of rotatable bonds is 7. The highest BCUT2D eigenvalue weighted by Crippen LogP contribution is 2.16. The van der Waals surface area contributed by atoms with Crippen LogP contribution < -0.4 is 5.32 Å². The van der Waals surface area contributed by atoms with Crippen LogP contribution in [0.25, 0.3) is 0 Å². The third-order valence-electron chi connectivity index (χ3n) is 2.99. The van der Waals surface area contributed by atoms with E-state index in [2.05, 4.69) is 15.5 Å². The van der Waals surface area contributed by atoms with E-state index in [4.69, 9.17) is 9.26 Å². The van der Waals surface area contributed by atoms with Gasteiger partial charge in [-0.25, -0.2) is 0 Å². The number of aryl methyl sites for hydroxylation is 1. The molecule has 0 amide bonds. The molecule has 2 rings (SSSR count). The summed E-state index contributed by atoms with van der Waals surface area (Å²) >= 11 is 0. The van der Waals surface area contributed by atoms with E-state index < -0.39 is 0 Å². The van der Waals surface area contributed by atoms with Gasteiger partial charge >= 0.3 is 0 Å². The lowest BCUT2D eigenvalue weighted by molar-refractivity contribution is 0.102. The van der Waals surface area contributed by atoms with Crippen LogP contribution in [-0.4, -0.2) is 35.9 Å². The fourth-order valence-electron chi connectivity index (χ4n) is 2.09. The quantitative estimate of drug-likeness (QED) is 0.730. The van der Waals surface area contributed by atoms with Crippen LogP contribution in [0.4, 0.5) is 0 Å². The summed E-state index contributed by atoms with van der Waals surface area (Å²) in [7, 11) is 0. The molecule has 1 atom stereocenters. The first kappa shape index (κ1) is 12.5. The molecule has 0 bridgehead atoms. The molecule has 1 N–H and O–H groups in total. The molecule has 0 radical (unpaired) electrons. The minimum atomic E-state index is 0.510. The van der Waals surface area contributed by atoms with Gasteiger partial charge in [0.1, 0.15) is 0 Å². The standard InChI is InChI=1S/C12H21N3O2/c1-10-14-12(17-15-10)6-8-13-7-2-4-11-5-3-9-16-11/h11,13H,2-9H2,1H3. The van der Waals surface area contributed by atoms with Crippen LogP contribution in [-0.2, 0) is 11.2 Å². The van der Waals surface area contributed by atoms with Crippen LogP contribution in [0.3, 0.4) is 0 Å². The summed E-state index contributed by atoms with van der Waals surface area (Å²) in [6, 6.07) is 0. The van der Waals surface area contributed by atoms with Gasteiger partial charge in [-0.1, -0.05) is 5.16 Å². The highest BCUT2D eigenvalue weighted by atomic mass is 16.5. The van der Waals surface area contributed by atoms with E-state index >= 15 is 0 Å². The van der Waals surface area contributed by atoms with Gasteiger partial charge < -0.3 is 14.6 Å². The number of nitrogens with zero attached hydrogens (tertiary/aromatic N) is 2. The summed E-state index contributed by atoms with van der Waals surface area (Å²) in [4.78, 5) is 4.15. The van der Waals surface area contributed by atoms with Crippen LogP contribution >= 0.6 is 0 Å². The van der Waals surface area contributed by atoms with E-state index in [0.29, 0.717) is 17.8 Å². The molecule has 5 heteroatoms. The monoisotopic (exact) mass is 239 g/mol. The lowest BCUT2D eigenvalue weighted by Gasteiger charge is -2.08. The maximum Gasteiger partial charge on any atom is 0.227 e. The van der Waals surface area contributed by atoms with E-state index in [1.165, 1.54) is 25.7 Å². The van der Waals surface area contributed by atoms with E-state index in [1.54, 1.807) is 0 Å². The summed E-state index contributed by atoms with van der Waals surface area (Å²) < 4.78 is 10.6. The first-order valence-corrected chi connectivity index (χ1v) is 6.46. The summed E-state index contributed by atoms with van der Waals surface area (Å²) in [5.74, 6) is 1.42. The number of nitrogens with one attached hydrogen (secondary N) is 1. The molecule has 0 spiro atoms. The molecule has 96 valence electrons. The van der Waals surface area contributed by atoms with Crippen LogP contribution in [0, 0.1) is 6.92 Å². The second-order valence-electron chi connectivity index (χ2n) is 4.51. The van der Waals surface area contributed by atoms with Gasteiger partial charge in [0.05, 0.1) is 6.10 Å². The first-order valence-electron chi connectivity index (χ1n) is 6.46. The van der Waals surface area contributed by atoms with Crippen molar-refractivity contribution in [2.24, 2.45) is 0 Å². The first-order chi connectivity index (χ1) is 8.34. The van der Waals surface area contributed by atoms with Gasteiger partial charge in [0, 0.05) is 19.6 Å².